The van der Waals surface area contributed by atoms with Crippen LogP contribution in [0.4, 0.5) is 10.1 Å². The van der Waals surface area contributed by atoms with E-state index < -0.39 is 0 Å². The molecule has 1 aliphatic rings. The Labute approximate surface area is 119 Å². The number of hydrogen-bond donors (Lipinski definition) is 1. The Morgan fingerprint density at radius 3 is 2.55 bits per heavy atom. The Morgan fingerprint density at radius 1 is 1.30 bits per heavy atom. The number of rotatable bonds is 5. The molecule has 1 aromatic carbocycles. The fourth-order valence-corrected chi connectivity index (χ4v) is 2.47. The van der Waals surface area contributed by atoms with Crippen LogP contribution in [0.25, 0.3) is 0 Å². The first-order chi connectivity index (χ1) is 9.63. The molecule has 4 nitrogen and oxygen atoms in total. The fourth-order valence-electron chi connectivity index (χ4n) is 2.47. The van der Waals surface area contributed by atoms with E-state index >= 15 is 0 Å². The predicted octanol–water partition coefficient (Wildman–Crippen LogP) is 1.73. The number of benzene rings is 1. The summed E-state index contributed by atoms with van der Waals surface area (Å²) in [5.41, 5.74) is 0.888. The molecule has 1 fully saturated rings. The van der Waals surface area contributed by atoms with Gasteiger partial charge >= 0.3 is 0 Å². The lowest BCUT2D eigenvalue weighted by molar-refractivity contribution is 0.106. The fraction of sp³-hybridized carbons (Fsp3) is 0.600. The minimum absolute atomic E-state index is 0.250. The van der Waals surface area contributed by atoms with Crippen molar-refractivity contribution in [2.45, 2.75) is 19.4 Å². The van der Waals surface area contributed by atoms with Crippen LogP contribution in [0, 0.1) is 5.82 Å². The summed E-state index contributed by atoms with van der Waals surface area (Å²) in [5.74, 6) is -0.0488. The summed E-state index contributed by atoms with van der Waals surface area (Å²) in [6.45, 7) is 6.20. The summed E-state index contributed by atoms with van der Waals surface area (Å²) in [5, 5.41) is 9.67. The number of ether oxygens (including phenoxy) is 1. The first kappa shape index (κ1) is 15.1. The molecule has 1 saturated heterocycles. The number of methoxy groups -OCH3 is 1. The molecule has 112 valence electrons. The maximum absolute atomic E-state index is 13.7. The molecule has 0 saturated carbocycles. The van der Waals surface area contributed by atoms with E-state index in [9.17, 15) is 9.50 Å². The van der Waals surface area contributed by atoms with Crippen molar-refractivity contribution in [3.63, 3.8) is 0 Å². The van der Waals surface area contributed by atoms with Gasteiger partial charge in [0.15, 0.2) is 11.6 Å². The second kappa shape index (κ2) is 6.90. The van der Waals surface area contributed by atoms with Gasteiger partial charge in [-0.25, -0.2) is 4.39 Å². The highest BCUT2D eigenvalue weighted by Gasteiger charge is 2.19. The van der Waals surface area contributed by atoms with Crippen molar-refractivity contribution in [3.8, 4) is 5.75 Å². The number of piperazine rings is 1. The number of halogens is 1. The van der Waals surface area contributed by atoms with E-state index in [4.69, 9.17) is 4.74 Å². The highest BCUT2D eigenvalue weighted by molar-refractivity contribution is 5.50. The monoisotopic (exact) mass is 282 g/mol. The van der Waals surface area contributed by atoms with Gasteiger partial charge in [-0.05, 0) is 18.6 Å². The van der Waals surface area contributed by atoms with Crippen molar-refractivity contribution >= 4 is 5.69 Å². The molecule has 20 heavy (non-hydrogen) atoms. The number of nitrogens with zero attached hydrogens (tertiary/aromatic N) is 2. The van der Waals surface area contributed by atoms with Gasteiger partial charge in [0, 0.05) is 44.5 Å². The van der Waals surface area contributed by atoms with Crippen LogP contribution >= 0.6 is 0 Å². The molecule has 1 aliphatic heterocycles. The molecule has 2 rings (SSSR count). The molecule has 1 atom stereocenters. The van der Waals surface area contributed by atoms with Gasteiger partial charge in [-0.3, -0.25) is 4.90 Å². The minimum atomic E-state index is -0.325. The van der Waals surface area contributed by atoms with Crippen LogP contribution in [0.1, 0.15) is 13.3 Å². The molecule has 0 spiro atoms. The first-order valence-electron chi connectivity index (χ1n) is 7.13. The minimum Gasteiger partial charge on any atom is -0.494 e. The second-order valence-corrected chi connectivity index (χ2v) is 5.17. The Hall–Kier alpha value is -1.33. The molecule has 0 amide bonds. The van der Waals surface area contributed by atoms with E-state index in [1.165, 1.54) is 13.2 Å². The number of hydrogen-bond acceptors (Lipinski definition) is 4. The average molecular weight is 282 g/mol. The van der Waals surface area contributed by atoms with Crippen LogP contribution < -0.4 is 9.64 Å². The van der Waals surface area contributed by atoms with Crippen LogP contribution in [-0.2, 0) is 0 Å². The van der Waals surface area contributed by atoms with Crippen molar-refractivity contribution in [1.82, 2.24) is 4.90 Å². The van der Waals surface area contributed by atoms with E-state index in [0.717, 1.165) is 44.8 Å². The van der Waals surface area contributed by atoms with Crippen LogP contribution in [0.2, 0.25) is 0 Å². The maximum atomic E-state index is 13.7. The standard InChI is InChI=1S/C15H23FN2O2/c1-3-13(19)11-17-6-8-18(9-7-17)12-4-5-15(20-2)14(16)10-12/h4-5,10,13,19H,3,6-9,11H2,1-2H3. The normalized spacial score (nSPS) is 18.1. The van der Waals surface area contributed by atoms with Crippen molar-refractivity contribution in [2.24, 2.45) is 0 Å². The third kappa shape index (κ3) is 3.61. The van der Waals surface area contributed by atoms with Crippen LogP contribution in [0.15, 0.2) is 18.2 Å². The largest absolute Gasteiger partial charge is 0.494 e. The molecule has 5 heteroatoms. The summed E-state index contributed by atoms with van der Waals surface area (Å²) in [4.78, 5) is 4.42. The van der Waals surface area contributed by atoms with E-state index in [-0.39, 0.29) is 17.7 Å². The van der Waals surface area contributed by atoms with Gasteiger partial charge in [-0.2, -0.15) is 0 Å². The second-order valence-electron chi connectivity index (χ2n) is 5.17. The molecule has 0 aromatic heterocycles. The third-order valence-electron chi connectivity index (χ3n) is 3.81. The summed E-state index contributed by atoms with van der Waals surface area (Å²) < 4.78 is 18.6. The number of aliphatic hydroxyl groups excluding tert-OH is 1. The molecule has 0 aliphatic carbocycles. The summed E-state index contributed by atoms with van der Waals surface area (Å²) in [6, 6.07) is 5.08. The van der Waals surface area contributed by atoms with E-state index in [1.807, 2.05) is 13.0 Å². The number of aliphatic hydroxyl groups is 1. The molecule has 0 radical (unpaired) electrons. The molecule has 1 aromatic rings. The molecule has 1 heterocycles. The Bertz CT molecular complexity index is 434. The van der Waals surface area contributed by atoms with Gasteiger partial charge in [-0.1, -0.05) is 6.92 Å². The van der Waals surface area contributed by atoms with Gasteiger partial charge in [0.1, 0.15) is 0 Å². The zero-order valence-electron chi connectivity index (χ0n) is 12.2. The van der Waals surface area contributed by atoms with Gasteiger partial charge in [-0.15, -0.1) is 0 Å². The highest BCUT2D eigenvalue weighted by Crippen LogP contribution is 2.24. The van der Waals surface area contributed by atoms with Crippen molar-refractivity contribution in [1.29, 1.82) is 0 Å². The quantitative estimate of drug-likeness (QED) is 0.892. The lowest BCUT2D eigenvalue weighted by atomic mass is 10.2. The van der Waals surface area contributed by atoms with Gasteiger partial charge < -0.3 is 14.7 Å². The topological polar surface area (TPSA) is 35.9 Å². The zero-order valence-corrected chi connectivity index (χ0v) is 12.2. The summed E-state index contributed by atoms with van der Waals surface area (Å²) >= 11 is 0. The van der Waals surface area contributed by atoms with Gasteiger partial charge in [0.05, 0.1) is 13.2 Å². The first-order valence-corrected chi connectivity index (χ1v) is 7.13. The van der Waals surface area contributed by atoms with Crippen molar-refractivity contribution in [2.75, 3.05) is 44.7 Å². The summed E-state index contributed by atoms with van der Waals surface area (Å²) in [6.07, 6.45) is 0.532. The molecular weight excluding hydrogens is 259 g/mol. The molecular formula is C15H23FN2O2. The van der Waals surface area contributed by atoms with Crippen molar-refractivity contribution < 1.29 is 14.2 Å². The third-order valence-corrected chi connectivity index (χ3v) is 3.81. The lowest BCUT2D eigenvalue weighted by Crippen LogP contribution is -2.48. The predicted molar refractivity (Wildman–Crippen MR) is 77.9 cm³/mol. The molecule has 1 unspecified atom stereocenters. The van der Waals surface area contributed by atoms with E-state index in [2.05, 4.69) is 9.80 Å². The van der Waals surface area contributed by atoms with Crippen LogP contribution in [0.3, 0.4) is 0 Å². The van der Waals surface area contributed by atoms with Crippen molar-refractivity contribution in [3.05, 3.63) is 24.0 Å². The van der Waals surface area contributed by atoms with Gasteiger partial charge in [0.2, 0.25) is 0 Å². The molecule has 1 N–H and O–H groups in total. The average Bonchev–Trinajstić information content (AvgIpc) is 2.47. The zero-order chi connectivity index (χ0) is 14.5. The summed E-state index contributed by atoms with van der Waals surface area (Å²) in [7, 11) is 1.47. The highest BCUT2D eigenvalue weighted by atomic mass is 19.1. The SMILES string of the molecule is CCC(O)CN1CCN(c2ccc(OC)c(F)c2)CC1. The van der Waals surface area contributed by atoms with E-state index in [0.29, 0.717) is 0 Å². The number of β-amino-alcohol motifs (C(OH)–C–C–N with tert-alkyl or cyclic N) is 1. The van der Waals surface area contributed by atoms with Crippen LogP contribution in [-0.4, -0.2) is 55.9 Å². The Balaban J connectivity index is 1.92. The molecule has 0 bridgehead atoms. The smallest absolute Gasteiger partial charge is 0.167 e. The van der Waals surface area contributed by atoms with Crippen LogP contribution in [0.5, 0.6) is 5.75 Å². The van der Waals surface area contributed by atoms with Gasteiger partial charge in [0.25, 0.3) is 0 Å². The van der Waals surface area contributed by atoms with E-state index in [1.54, 1.807) is 6.07 Å². The Kier molecular flexibility index (Phi) is 5.20. The lowest BCUT2D eigenvalue weighted by Gasteiger charge is -2.36. The Morgan fingerprint density at radius 2 is 2.00 bits per heavy atom. The maximum Gasteiger partial charge on any atom is 0.167 e. The number of anilines is 1.